The van der Waals surface area contributed by atoms with E-state index in [1.807, 2.05) is 13.0 Å². The zero-order valence-corrected chi connectivity index (χ0v) is 10.5. The topological polar surface area (TPSA) is 70.7 Å². The van der Waals surface area contributed by atoms with E-state index in [1.54, 1.807) is 6.20 Å². The smallest absolute Gasteiger partial charge is 0.248 e. The number of aromatic amines is 1. The number of rotatable bonds is 4. The van der Waals surface area contributed by atoms with E-state index >= 15 is 0 Å². The van der Waals surface area contributed by atoms with Crippen molar-refractivity contribution in [2.24, 2.45) is 0 Å². The maximum atomic E-state index is 11.2. The molecular formula is C11H14N4OS. The summed E-state index contributed by atoms with van der Waals surface area (Å²) in [6.45, 7) is 4.99. The molecule has 2 aromatic rings. The molecule has 17 heavy (non-hydrogen) atoms. The lowest BCUT2D eigenvalue weighted by Crippen LogP contribution is -2.17. The summed E-state index contributed by atoms with van der Waals surface area (Å²) in [6, 6.07) is 3.54. The molecule has 0 aliphatic heterocycles. The lowest BCUT2D eigenvalue weighted by atomic mass is 10.3. The molecule has 90 valence electrons. The van der Waals surface area contributed by atoms with Gasteiger partial charge in [0.2, 0.25) is 5.56 Å². The Morgan fingerprint density at radius 3 is 3.06 bits per heavy atom. The van der Waals surface area contributed by atoms with Gasteiger partial charge in [0.1, 0.15) is 10.0 Å². The van der Waals surface area contributed by atoms with Gasteiger partial charge in [0.25, 0.3) is 0 Å². The first-order chi connectivity index (χ1) is 8.20. The van der Waals surface area contributed by atoms with E-state index in [-0.39, 0.29) is 11.6 Å². The van der Waals surface area contributed by atoms with Gasteiger partial charge < -0.3 is 10.3 Å². The Morgan fingerprint density at radius 2 is 2.35 bits per heavy atom. The van der Waals surface area contributed by atoms with Crippen LogP contribution in [-0.2, 0) is 0 Å². The van der Waals surface area contributed by atoms with Crippen LogP contribution in [0.5, 0.6) is 0 Å². The Kier molecular flexibility index (Phi) is 3.65. The molecule has 2 aromatic heterocycles. The van der Waals surface area contributed by atoms with Gasteiger partial charge in [-0.25, -0.2) is 0 Å². The van der Waals surface area contributed by atoms with Crippen molar-refractivity contribution < 1.29 is 0 Å². The van der Waals surface area contributed by atoms with Gasteiger partial charge in [0.15, 0.2) is 0 Å². The highest BCUT2D eigenvalue weighted by atomic mass is 32.1. The molecule has 1 unspecified atom stereocenters. The third kappa shape index (κ3) is 2.78. The summed E-state index contributed by atoms with van der Waals surface area (Å²) < 4.78 is 0. The van der Waals surface area contributed by atoms with Gasteiger partial charge in [-0.3, -0.25) is 4.79 Å². The molecule has 0 fully saturated rings. The fourth-order valence-electron chi connectivity index (χ4n) is 1.50. The van der Waals surface area contributed by atoms with Crippen molar-refractivity contribution >= 4 is 11.3 Å². The third-order valence-corrected chi connectivity index (χ3v) is 3.50. The zero-order chi connectivity index (χ0) is 12.3. The normalized spacial score (nSPS) is 12.6. The Bertz CT molecular complexity index is 548. The van der Waals surface area contributed by atoms with Crippen LogP contribution in [-0.4, -0.2) is 21.7 Å². The molecule has 0 saturated carbocycles. The quantitative estimate of drug-likeness (QED) is 0.864. The third-order valence-electron chi connectivity index (χ3n) is 2.34. The standard InChI is InChI=1S/C11H14N4OS/c1-3-12-7(2)10-14-15-11(17-10)8-4-5-13-9(16)6-8/h4-7,12H,3H2,1-2H3,(H,13,16). The first kappa shape index (κ1) is 11.9. The van der Waals surface area contributed by atoms with Crippen molar-refractivity contribution in [2.45, 2.75) is 19.9 Å². The summed E-state index contributed by atoms with van der Waals surface area (Å²) in [7, 11) is 0. The number of aromatic nitrogens is 3. The monoisotopic (exact) mass is 250 g/mol. The molecule has 6 heteroatoms. The SMILES string of the molecule is CCNC(C)c1nnc(-c2cc[nH]c(=O)c2)s1. The summed E-state index contributed by atoms with van der Waals surface area (Å²) in [5, 5.41) is 13.2. The van der Waals surface area contributed by atoms with Crippen molar-refractivity contribution in [3.05, 3.63) is 33.7 Å². The zero-order valence-electron chi connectivity index (χ0n) is 9.73. The second kappa shape index (κ2) is 5.20. The maximum Gasteiger partial charge on any atom is 0.248 e. The van der Waals surface area contributed by atoms with Gasteiger partial charge in [-0.2, -0.15) is 0 Å². The van der Waals surface area contributed by atoms with E-state index in [9.17, 15) is 4.79 Å². The van der Waals surface area contributed by atoms with Crippen molar-refractivity contribution in [1.82, 2.24) is 20.5 Å². The lowest BCUT2D eigenvalue weighted by Gasteiger charge is -2.06. The fraction of sp³-hybridized carbons (Fsp3) is 0.364. The summed E-state index contributed by atoms with van der Waals surface area (Å²) in [4.78, 5) is 13.8. The second-order valence-corrected chi connectivity index (χ2v) is 4.68. The lowest BCUT2D eigenvalue weighted by molar-refractivity contribution is 0.590. The molecule has 0 spiro atoms. The van der Waals surface area contributed by atoms with Gasteiger partial charge in [0.05, 0.1) is 6.04 Å². The molecular weight excluding hydrogens is 236 g/mol. The molecule has 0 amide bonds. The van der Waals surface area contributed by atoms with Gasteiger partial charge in [-0.1, -0.05) is 18.3 Å². The average Bonchev–Trinajstić information content (AvgIpc) is 2.78. The van der Waals surface area contributed by atoms with E-state index in [4.69, 9.17) is 0 Å². The number of pyridine rings is 1. The average molecular weight is 250 g/mol. The summed E-state index contributed by atoms with van der Waals surface area (Å²) in [5.41, 5.74) is 0.681. The Hall–Kier alpha value is -1.53. The molecule has 5 nitrogen and oxygen atoms in total. The van der Waals surface area contributed by atoms with E-state index in [2.05, 4.69) is 27.4 Å². The number of H-pyrrole nitrogens is 1. The largest absolute Gasteiger partial charge is 0.329 e. The van der Waals surface area contributed by atoms with E-state index < -0.39 is 0 Å². The minimum atomic E-state index is -0.126. The Labute approximate surface area is 103 Å². The van der Waals surface area contributed by atoms with Crippen LogP contribution in [0.15, 0.2) is 23.1 Å². The highest BCUT2D eigenvalue weighted by Gasteiger charge is 2.12. The van der Waals surface area contributed by atoms with Crippen LogP contribution < -0.4 is 10.9 Å². The van der Waals surface area contributed by atoms with Crippen LogP contribution >= 0.6 is 11.3 Å². The number of hydrogen-bond acceptors (Lipinski definition) is 5. The molecule has 0 aliphatic carbocycles. The predicted molar refractivity (Wildman–Crippen MR) is 68.1 cm³/mol. The van der Waals surface area contributed by atoms with Crippen molar-refractivity contribution in [1.29, 1.82) is 0 Å². The van der Waals surface area contributed by atoms with Crippen LogP contribution in [0.2, 0.25) is 0 Å². The fourth-order valence-corrected chi connectivity index (χ4v) is 2.36. The van der Waals surface area contributed by atoms with Crippen molar-refractivity contribution in [3.8, 4) is 10.6 Å². The molecule has 2 rings (SSSR count). The van der Waals surface area contributed by atoms with Crippen LogP contribution in [0.3, 0.4) is 0 Å². The molecule has 1 atom stereocenters. The summed E-state index contributed by atoms with van der Waals surface area (Å²) in [5.74, 6) is 0. The van der Waals surface area contributed by atoms with Crippen LogP contribution in [0.1, 0.15) is 24.9 Å². The van der Waals surface area contributed by atoms with Crippen LogP contribution in [0.25, 0.3) is 10.6 Å². The van der Waals surface area contributed by atoms with Crippen LogP contribution in [0, 0.1) is 0 Å². The molecule has 0 aromatic carbocycles. The van der Waals surface area contributed by atoms with Gasteiger partial charge >= 0.3 is 0 Å². The maximum absolute atomic E-state index is 11.2. The van der Waals surface area contributed by atoms with E-state index in [0.717, 1.165) is 22.1 Å². The number of nitrogens with zero attached hydrogens (tertiary/aromatic N) is 2. The molecule has 0 aliphatic rings. The van der Waals surface area contributed by atoms with Gasteiger partial charge in [-0.15, -0.1) is 10.2 Å². The first-order valence-corrected chi connectivity index (χ1v) is 6.28. The molecule has 2 N–H and O–H groups in total. The van der Waals surface area contributed by atoms with Crippen LogP contribution in [0.4, 0.5) is 0 Å². The summed E-state index contributed by atoms with van der Waals surface area (Å²) >= 11 is 1.51. The first-order valence-electron chi connectivity index (χ1n) is 5.46. The highest BCUT2D eigenvalue weighted by Crippen LogP contribution is 2.25. The number of nitrogens with one attached hydrogen (secondary N) is 2. The minimum absolute atomic E-state index is 0.126. The minimum Gasteiger partial charge on any atom is -0.329 e. The molecule has 0 radical (unpaired) electrons. The predicted octanol–water partition coefficient (Wildman–Crippen LogP) is 1.56. The van der Waals surface area contributed by atoms with E-state index in [1.165, 1.54) is 17.4 Å². The molecule has 0 saturated heterocycles. The Balaban J connectivity index is 2.26. The van der Waals surface area contributed by atoms with E-state index in [0.29, 0.717) is 0 Å². The molecule has 2 heterocycles. The summed E-state index contributed by atoms with van der Waals surface area (Å²) in [6.07, 6.45) is 1.62. The van der Waals surface area contributed by atoms with Gasteiger partial charge in [0, 0.05) is 17.8 Å². The molecule has 0 bridgehead atoms. The number of hydrogen-bond donors (Lipinski definition) is 2. The second-order valence-electron chi connectivity index (χ2n) is 3.67. The Morgan fingerprint density at radius 1 is 1.53 bits per heavy atom. The van der Waals surface area contributed by atoms with Gasteiger partial charge in [-0.05, 0) is 19.5 Å². The highest BCUT2D eigenvalue weighted by molar-refractivity contribution is 7.14. The van der Waals surface area contributed by atoms with Crippen molar-refractivity contribution in [3.63, 3.8) is 0 Å². The van der Waals surface area contributed by atoms with Crippen molar-refractivity contribution in [2.75, 3.05) is 6.54 Å².